The van der Waals surface area contributed by atoms with E-state index < -0.39 is 23.1 Å². The summed E-state index contributed by atoms with van der Waals surface area (Å²) in [4.78, 5) is 16.4. The molecule has 36 heavy (non-hydrogen) atoms. The minimum Gasteiger partial charge on any atom is -0.395 e. The average molecular weight is 520 g/mol. The molecule has 2 heterocycles. The summed E-state index contributed by atoms with van der Waals surface area (Å²) >= 11 is 0.917. The Morgan fingerprint density at radius 2 is 1.86 bits per heavy atom. The van der Waals surface area contributed by atoms with Gasteiger partial charge in [0, 0.05) is 11.4 Å². The number of nitrogens with zero attached hydrogens (tertiary/aromatic N) is 2. The predicted octanol–water partition coefficient (Wildman–Crippen LogP) is 3.65. The second-order valence-electron chi connectivity index (χ2n) is 7.98. The van der Waals surface area contributed by atoms with Crippen LogP contribution in [0.2, 0.25) is 0 Å². The summed E-state index contributed by atoms with van der Waals surface area (Å²) in [5, 5.41) is 31.5. The number of hydrogen-bond acceptors (Lipinski definition) is 9. The Kier molecular flexibility index (Phi) is 9.81. The van der Waals surface area contributed by atoms with Crippen LogP contribution in [0.3, 0.4) is 0 Å². The van der Waals surface area contributed by atoms with Gasteiger partial charge in [0.05, 0.1) is 35.4 Å². The first-order valence-electron chi connectivity index (χ1n) is 10.6. The number of rotatable bonds is 8. The standard InChI is InChI=1S/C21H20F2N6O2S.C2H7NO/c1-21(2,31)10-6-13(22)18(14(23)7-10)15-9-12(19(25)30)20(32-15)28-17-5-3-4-11(27-17)8-16(24)29-26;3-1-2-4/h3-7,9,24,26,31H,8H2,1-2H3,(H2,25,30)(H,27,28);4H,1-3H2. The summed E-state index contributed by atoms with van der Waals surface area (Å²) in [6.07, 6.45) is 0.0430. The highest BCUT2D eigenvalue weighted by Crippen LogP contribution is 2.40. The van der Waals surface area contributed by atoms with Gasteiger partial charge in [-0.15, -0.1) is 16.5 Å². The van der Waals surface area contributed by atoms with Crippen LogP contribution in [0.15, 0.2) is 41.5 Å². The third-order valence-corrected chi connectivity index (χ3v) is 5.72. The van der Waals surface area contributed by atoms with Crippen LogP contribution in [0.5, 0.6) is 0 Å². The lowest BCUT2D eigenvalue weighted by Crippen LogP contribution is -2.16. The van der Waals surface area contributed by atoms with Gasteiger partial charge in [0.25, 0.3) is 5.91 Å². The molecule has 9 N–H and O–H groups in total. The molecule has 2 aromatic heterocycles. The van der Waals surface area contributed by atoms with E-state index in [9.17, 15) is 18.7 Å². The van der Waals surface area contributed by atoms with E-state index in [2.05, 4.69) is 15.4 Å². The molecule has 13 heteroatoms. The molecule has 0 saturated heterocycles. The molecular formula is C23H27F2N7O3S. The molecule has 0 fully saturated rings. The van der Waals surface area contributed by atoms with Gasteiger partial charge in [-0.25, -0.2) is 19.3 Å². The number of primary amides is 1. The number of nitrogens with one attached hydrogen (secondary N) is 3. The van der Waals surface area contributed by atoms with Crippen molar-refractivity contribution < 1.29 is 23.8 Å². The largest absolute Gasteiger partial charge is 0.395 e. The van der Waals surface area contributed by atoms with Crippen molar-refractivity contribution in [3.8, 4) is 10.4 Å². The van der Waals surface area contributed by atoms with Crippen molar-refractivity contribution in [3.05, 3.63) is 64.9 Å². The molecule has 0 aliphatic rings. The molecule has 0 atom stereocenters. The number of benzene rings is 1. The molecule has 0 radical (unpaired) electrons. The highest BCUT2D eigenvalue weighted by Gasteiger charge is 2.24. The average Bonchev–Trinajstić information content (AvgIpc) is 3.21. The second-order valence-corrected chi connectivity index (χ2v) is 9.03. The van der Waals surface area contributed by atoms with Gasteiger partial charge in [-0.2, -0.15) is 0 Å². The lowest BCUT2D eigenvalue weighted by molar-refractivity contribution is 0.0778. The van der Waals surface area contributed by atoms with E-state index in [-0.39, 0.29) is 45.4 Å². The number of halogens is 2. The van der Waals surface area contributed by atoms with E-state index in [0.717, 1.165) is 23.5 Å². The van der Waals surface area contributed by atoms with Gasteiger partial charge in [-0.3, -0.25) is 10.2 Å². The van der Waals surface area contributed by atoms with Crippen LogP contribution in [0.1, 0.15) is 35.5 Å². The van der Waals surface area contributed by atoms with Gasteiger partial charge >= 0.3 is 0 Å². The molecule has 10 nitrogen and oxygen atoms in total. The molecule has 3 rings (SSSR count). The van der Waals surface area contributed by atoms with E-state index in [0.29, 0.717) is 18.1 Å². The van der Waals surface area contributed by atoms with Crippen molar-refractivity contribution in [1.82, 2.24) is 4.98 Å². The monoisotopic (exact) mass is 519 g/mol. The van der Waals surface area contributed by atoms with Crippen molar-refractivity contribution >= 4 is 33.9 Å². The zero-order valence-corrected chi connectivity index (χ0v) is 20.4. The lowest BCUT2D eigenvalue weighted by atomic mass is 9.96. The first kappa shape index (κ1) is 28.6. The number of thiophene rings is 1. The maximum absolute atomic E-state index is 14.8. The van der Waals surface area contributed by atoms with Gasteiger partial charge < -0.3 is 27.0 Å². The Labute approximate surface area is 210 Å². The molecular weight excluding hydrogens is 492 g/mol. The van der Waals surface area contributed by atoms with E-state index in [1.165, 1.54) is 19.9 Å². The van der Waals surface area contributed by atoms with Crippen molar-refractivity contribution in [2.24, 2.45) is 16.6 Å². The quantitative estimate of drug-likeness (QED) is 0.135. The summed E-state index contributed by atoms with van der Waals surface area (Å²) < 4.78 is 29.5. The maximum Gasteiger partial charge on any atom is 0.251 e. The zero-order valence-electron chi connectivity index (χ0n) is 19.6. The van der Waals surface area contributed by atoms with Gasteiger partial charge in [-0.05, 0) is 49.7 Å². The van der Waals surface area contributed by atoms with E-state index >= 15 is 0 Å². The number of aliphatic hydroxyl groups excluding tert-OH is 1. The van der Waals surface area contributed by atoms with Crippen LogP contribution >= 0.6 is 11.3 Å². The third-order valence-electron chi connectivity index (χ3n) is 4.65. The van der Waals surface area contributed by atoms with E-state index in [4.69, 9.17) is 27.5 Å². The highest BCUT2D eigenvalue weighted by molar-refractivity contribution is 7.20. The Hall–Kier alpha value is -3.65. The fourth-order valence-corrected chi connectivity index (χ4v) is 4.05. The summed E-state index contributed by atoms with van der Waals surface area (Å²) in [5.74, 6) is -2.43. The Balaban J connectivity index is 0.00000106. The molecule has 0 saturated carbocycles. The number of anilines is 2. The molecule has 192 valence electrons. The van der Waals surface area contributed by atoms with E-state index in [1.807, 2.05) is 0 Å². The van der Waals surface area contributed by atoms with Crippen LogP contribution < -0.4 is 16.8 Å². The fourth-order valence-electron chi connectivity index (χ4n) is 2.93. The van der Waals surface area contributed by atoms with Gasteiger partial charge in [0.15, 0.2) is 0 Å². The van der Waals surface area contributed by atoms with Crippen LogP contribution in [0.25, 0.3) is 10.4 Å². The number of aliphatic hydroxyl groups is 2. The number of amides is 1. The van der Waals surface area contributed by atoms with Gasteiger partial charge in [-0.1, -0.05) is 6.07 Å². The van der Waals surface area contributed by atoms with Crippen molar-refractivity contribution in [2.45, 2.75) is 25.9 Å². The predicted molar refractivity (Wildman–Crippen MR) is 134 cm³/mol. The number of aromatic nitrogens is 1. The number of carbonyl (C=O) groups is 1. The summed E-state index contributed by atoms with van der Waals surface area (Å²) in [6, 6.07) is 8.30. The third kappa shape index (κ3) is 7.42. The Morgan fingerprint density at radius 3 is 2.36 bits per heavy atom. The summed E-state index contributed by atoms with van der Waals surface area (Å²) in [5.41, 5.74) is 15.9. The molecule has 0 spiro atoms. The van der Waals surface area contributed by atoms with Crippen LogP contribution in [-0.2, 0) is 12.0 Å². The molecule has 1 aromatic carbocycles. The van der Waals surface area contributed by atoms with Crippen molar-refractivity contribution in [3.63, 3.8) is 0 Å². The normalized spacial score (nSPS) is 10.9. The number of nitrogens with two attached hydrogens (primary N) is 2. The molecule has 1 amide bonds. The highest BCUT2D eigenvalue weighted by atomic mass is 32.1. The number of amidine groups is 1. The summed E-state index contributed by atoms with van der Waals surface area (Å²) in [6.45, 7) is 3.31. The first-order chi connectivity index (χ1) is 16.9. The molecule has 0 bridgehead atoms. The maximum atomic E-state index is 14.8. The van der Waals surface area contributed by atoms with Crippen LogP contribution in [0.4, 0.5) is 19.6 Å². The Morgan fingerprint density at radius 1 is 1.25 bits per heavy atom. The molecule has 3 aromatic rings. The van der Waals surface area contributed by atoms with Crippen LogP contribution in [-0.4, -0.2) is 40.1 Å². The lowest BCUT2D eigenvalue weighted by Gasteiger charge is -2.18. The molecule has 0 aliphatic heterocycles. The minimum absolute atomic E-state index is 0.0245. The van der Waals surface area contributed by atoms with Crippen LogP contribution in [0, 0.1) is 22.6 Å². The summed E-state index contributed by atoms with van der Waals surface area (Å²) in [7, 11) is 0. The van der Waals surface area contributed by atoms with Crippen molar-refractivity contribution in [2.75, 3.05) is 18.5 Å². The molecule has 0 aliphatic carbocycles. The second kappa shape index (κ2) is 12.4. The smallest absolute Gasteiger partial charge is 0.251 e. The Bertz CT molecular complexity index is 1230. The fraction of sp³-hybridized carbons (Fsp3) is 0.261. The SMILES string of the molecule is CC(C)(O)c1cc(F)c(-c2cc(C(N)=O)c(Nc3cccc(CC(=N)N=N)n3)s2)c(F)c1.NCCO. The molecule has 0 unspecified atom stereocenters. The number of carbonyl (C=O) groups excluding carboxylic acids is 1. The first-order valence-corrected chi connectivity index (χ1v) is 11.4. The minimum atomic E-state index is -1.43. The topological polar surface area (TPSA) is 195 Å². The zero-order chi connectivity index (χ0) is 27.0. The van der Waals surface area contributed by atoms with Crippen molar-refractivity contribution in [1.29, 1.82) is 10.9 Å². The van der Waals surface area contributed by atoms with Gasteiger partial charge in [0.2, 0.25) is 0 Å². The number of pyridine rings is 1. The van der Waals surface area contributed by atoms with E-state index in [1.54, 1.807) is 18.2 Å². The van der Waals surface area contributed by atoms with Gasteiger partial charge in [0.1, 0.15) is 28.3 Å². The number of hydrogen-bond donors (Lipinski definition) is 7.